The first-order valence-corrected chi connectivity index (χ1v) is 7.14. The van der Waals surface area contributed by atoms with E-state index in [1.54, 1.807) is 11.9 Å². The van der Waals surface area contributed by atoms with Crippen LogP contribution in [-0.2, 0) is 4.79 Å². The molecule has 1 rings (SSSR count). The molecule has 0 bridgehead atoms. The van der Waals surface area contributed by atoms with Crippen LogP contribution in [0.1, 0.15) is 51.9 Å². The van der Waals surface area contributed by atoms with Gasteiger partial charge >= 0.3 is 12.0 Å². The Balaban J connectivity index is 2.23. The molecule has 0 unspecified atom stereocenters. The van der Waals surface area contributed by atoms with Crippen LogP contribution in [0.4, 0.5) is 4.79 Å². The van der Waals surface area contributed by atoms with Crippen LogP contribution in [0.5, 0.6) is 0 Å². The van der Waals surface area contributed by atoms with Gasteiger partial charge in [-0.25, -0.2) is 4.79 Å². The summed E-state index contributed by atoms with van der Waals surface area (Å²) in [4.78, 5) is 23.8. The van der Waals surface area contributed by atoms with Crippen LogP contribution < -0.4 is 5.32 Å². The second-order valence-electron chi connectivity index (χ2n) is 5.95. The van der Waals surface area contributed by atoms with Crippen molar-refractivity contribution in [2.75, 3.05) is 20.1 Å². The predicted molar refractivity (Wildman–Crippen MR) is 74.1 cm³/mol. The number of carbonyl (C=O) groups is 2. The smallest absolute Gasteiger partial charge is 0.317 e. The van der Waals surface area contributed by atoms with E-state index in [0.29, 0.717) is 13.0 Å². The molecular weight excluding hydrogens is 244 g/mol. The third kappa shape index (κ3) is 5.94. The Morgan fingerprint density at radius 3 is 2.47 bits per heavy atom. The van der Waals surface area contributed by atoms with Gasteiger partial charge in [-0.3, -0.25) is 4.79 Å². The number of amides is 2. The van der Waals surface area contributed by atoms with Gasteiger partial charge in [-0.15, -0.1) is 0 Å². The van der Waals surface area contributed by atoms with Crippen molar-refractivity contribution in [2.45, 2.75) is 51.9 Å². The molecule has 0 aliphatic heterocycles. The van der Waals surface area contributed by atoms with Crippen molar-refractivity contribution in [3.8, 4) is 0 Å². The maximum Gasteiger partial charge on any atom is 0.317 e. The predicted octanol–water partition coefficient (Wildman–Crippen LogP) is 2.46. The lowest BCUT2D eigenvalue weighted by Gasteiger charge is -2.34. The van der Waals surface area contributed by atoms with E-state index >= 15 is 0 Å². The molecular formula is C14H26N2O3. The zero-order valence-electron chi connectivity index (χ0n) is 12.1. The van der Waals surface area contributed by atoms with Crippen molar-refractivity contribution >= 4 is 12.0 Å². The zero-order valence-corrected chi connectivity index (χ0v) is 12.1. The van der Waals surface area contributed by atoms with Crippen LogP contribution in [0.15, 0.2) is 0 Å². The zero-order chi connectivity index (χ0) is 14.3. The molecule has 1 fully saturated rings. The monoisotopic (exact) mass is 270 g/mol. The molecule has 0 aromatic rings. The average Bonchev–Trinajstić information content (AvgIpc) is 2.36. The molecule has 0 radical (unpaired) electrons. The third-order valence-electron chi connectivity index (χ3n) is 3.96. The number of hydrogen-bond donors (Lipinski definition) is 2. The molecule has 2 N–H and O–H groups in total. The fourth-order valence-corrected chi connectivity index (χ4v) is 2.58. The molecule has 0 aromatic heterocycles. The average molecular weight is 270 g/mol. The van der Waals surface area contributed by atoms with E-state index in [1.807, 2.05) is 0 Å². The SMILES string of the molecule is CN(CCCC(=O)O)C(=O)NCC1(C)CCCCC1. The fourth-order valence-electron chi connectivity index (χ4n) is 2.58. The lowest BCUT2D eigenvalue weighted by molar-refractivity contribution is -0.137. The Morgan fingerprint density at radius 1 is 1.26 bits per heavy atom. The molecule has 110 valence electrons. The van der Waals surface area contributed by atoms with Gasteiger partial charge in [0.2, 0.25) is 0 Å². The van der Waals surface area contributed by atoms with E-state index in [0.717, 1.165) is 6.54 Å². The molecule has 0 spiro atoms. The largest absolute Gasteiger partial charge is 0.481 e. The van der Waals surface area contributed by atoms with Gasteiger partial charge in [0, 0.05) is 26.6 Å². The number of nitrogens with one attached hydrogen (secondary N) is 1. The van der Waals surface area contributed by atoms with Gasteiger partial charge in [0.25, 0.3) is 0 Å². The normalized spacial score (nSPS) is 17.8. The number of carboxylic acids is 1. The van der Waals surface area contributed by atoms with Crippen molar-refractivity contribution in [3.63, 3.8) is 0 Å². The number of urea groups is 1. The van der Waals surface area contributed by atoms with Crippen LogP contribution >= 0.6 is 0 Å². The molecule has 1 saturated carbocycles. The summed E-state index contributed by atoms with van der Waals surface area (Å²) in [6, 6.07) is -0.0998. The van der Waals surface area contributed by atoms with Gasteiger partial charge in [0.15, 0.2) is 0 Å². The number of carboxylic acid groups (broad SMARTS) is 1. The lowest BCUT2D eigenvalue weighted by atomic mass is 9.76. The van der Waals surface area contributed by atoms with Gasteiger partial charge < -0.3 is 15.3 Å². The molecule has 5 nitrogen and oxygen atoms in total. The van der Waals surface area contributed by atoms with Crippen molar-refractivity contribution < 1.29 is 14.7 Å². The molecule has 0 atom stereocenters. The van der Waals surface area contributed by atoms with Crippen molar-refractivity contribution in [2.24, 2.45) is 5.41 Å². The fraction of sp³-hybridized carbons (Fsp3) is 0.857. The number of rotatable bonds is 6. The highest BCUT2D eigenvalue weighted by atomic mass is 16.4. The van der Waals surface area contributed by atoms with Crippen molar-refractivity contribution in [3.05, 3.63) is 0 Å². The minimum Gasteiger partial charge on any atom is -0.481 e. The third-order valence-corrected chi connectivity index (χ3v) is 3.96. The molecule has 19 heavy (non-hydrogen) atoms. The molecule has 1 aliphatic carbocycles. The van der Waals surface area contributed by atoms with Gasteiger partial charge in [-0.05, 0) is 24.7 Å². The maximum absolute atomic E-state index is 11.9. The standard InChI is InChI=1S/C14H26N2O3/c1-14(8-4-3-5-9-14)11-15-13(19)16(2)10-6-7-12(17)18/h3-11H2,1-2H3,(H,15,19)(H,17,18). The van der Waals surface area contributed by atoms with E-state index in [4.69, 9.17) is 5.11 Å². The number of nitrogens with zero attached hydrogens (tertiary/aromatic N) is 1. The summed E-state index contributed by atoms with van der Waals surface area (Å²) >= 11 is 0. The second kappa shape index (κ2) is 7.36. The highest BCUT2D eigenvalue weighted by Gasteiger charge is 2.27. The van der Waals surface area contributed by atoms with E-state index in [-0.39, 0.29) is 17.9 Å². The lowest BCUT2D eigenvalue weighted by Crippen LogP contribution is -2.43. The van der Waals surface area contributed by atoms with Crippen LogP contribution in [0.25, 0.3) is 0 Å². The molecule has 5 heteroatoms. The molecule has 2 amide bonds. The number of aliphatic carboxylic acids is 1. The van der Waals surface area contributed by atoms with Crippen LogP contribution in [-0.4, -0.2) is 42.1 Å². The van der Waals surface area contributed by atoms with E-state index in [9.17, 15) is 9.59 Å². The summed E-state index contributed by atoms with van der Waals surface area (Å²) in [5.41, 5.74) is 0.232. The number of hydrogen-bond acceptors (Lipinski definition) is 2. The van der Waals surface area contributed by atoms with Crippen molar-refractivity contribution in [1.29, 1.82) is 0 Å². The van der Waals surface area contributed by atoms with Gasteiger partial charge in [-0.1, -0.05) is 26.2 Å². The Morgan fingerprint density at radius 2 is 1.89 bits per heavy atom. The number of carbonyl (C=O) groups excluding carboxylic acids is 1. The summed E-state index contributed by atoms with van der Waals surface area (Å²) in [5, 5.41) is 11.5. The van der Waals surface area contributed by atoms with E-state index in [2.05, 4.69) is 12.2 Å². The molecule has 1 aliphatic rings. The maximum atomic E-state index is 11.9. The Hall–Kier alpha value is -1.26. The van der Waals surface area contributed by atoms with Gasteiger partial charge in [0.1, 0.15) is 0 Å². The first kappa shape index (κ1) is 15.8. The Kier molecular flexibility index (Phi) is 6.12. The molecule has 0 aromatic carbocycles. The van der Waals surface area contributed by atoms with Crippen LogP contribution in [0.2, 0.25) is 0 Å². The molecule has 0 heterocycles. The summed E-state index contributed by atoms with van der Waals surface area (Å²) < 4.78 is 0. The summed E-state index contributed by atoms with van der Waals surface area (Å²) in [7, 11) is 1.71. The van der Waals surface area contributed by atoms with Gasteiger partial charge in [0.05, 0.1) is 0 Å². The molecule has 0 saturated heterocycles. The Labute approximate surface area is 115 Å². The highest BCUT2D eigenvalue weighted by molar-refractivity contribution is 5.74. The summed E-state index contributed by atoms with van der Waals surface area (Å²) in [5.74, 6) is -0.816. The minimum atomic E-state index is -0.816. The first-order chi connectivity index (χ1) is 8.93. The highest BCUT2D eigenvalue weighted by Crippen LogP contribution is 2.34. The summed E-state index contributed by atoms with van der Waals surface area (Å²) in [6.07, 6.45) is 6.76. The van der Waals surface area contributed by atoms with Crippen LogP contribution in [0, 0.1) is 5.41 Å². The van der Waals surface area contributed by atoms with E-state index in [1.165, 1.54) is 32.1 Å². The second-order valence-corrected chi connectivity index (χ2v) is 5.95. The van der Waals surface area contributed by atoms with Gasteiger partial charge in [-0.2, -0.15) is 0 Å². The minimum absolute atomic E-state index is 0.0998. The van der Waals surface area contributed by atoms with E-state index < -0.39 is 5.97 Å². The van der Waals surface area contributed by atoms with Crippen LogP contribution in [0.3, 0.4) is 0 Å². The van der Waals surface area contributed by atoms with Crippen molar-refractivity contribution in [1.82, 2.24) is 10.2 Å². The Bertz CT molecular complexity index is 312. The summed E-state index contributed by atoms with van der Waals surface area (Å²) in [6.45, 7) is 3.43. The first-order valence-electron chi connectivity index (χ1n) is 7.14. The quantitative estimate of drug-likeness (QED) is 0.779. The topological polar surface area (TPSA) is 69.6 Å².